The molecule has 7 nitrogen and oxygen atoms in total. The number of aromatic nitrogens is 3. The highest BCUT2D eigenvalue weighted by Crippen LogP contribution is 2.30. The summed E-state index contributed by atoms with van der Waals surface area (Å²) in [5.41, 5.74) is 2.39. The number of rotatable bonds is 2. The molecule has 0 saturated carbocycles. The Labute approximate surface area is 151 Å². The SMILES string of the molecule is C[C@@H]1Cc2c(C(=O)N3CCN(c4ccc(F)cn4)CC3)n[nH]c2[C@H](C)O1. The third-order valence-electron chi connectivity index (χ3n) is 5.04. The van der Waals surface area contributed by atoms with E-state index in [2.05, 4.69) is 20.1 Å². The van der Waals surface area contributed by atoms with Crippen LogP contribution in [0.1, 0.15) is 41.7 Å². The van der Waals surface area contributed by atoms with E-state index in [1.54, 1.807) is 6.07 Å². The van der Waals surface area contributed by atoms with Crippen molar-refractivity contribution < 1.29 is 13.9 Å². The summed E-state index contributed by atoms with van der Waals surface area (Å²) >= 11 is 0. The van der Waals surface area contributed by atoms with Gasteiger partial charge >= 0.3 is 0 Å². The van der Waals surface area contributed by atoms with Crippen LogP contribution in [0.2, 0.25) is 0 Å². The van der Waals surface area contributed by atoms with E-state index >= 15 is 0 Å². The summed E-state index contributed by atoms with van der Waals surface area (Å²) in [5.74, 6) is 0.337. The summed E-state index contributed by atoms with van der Waals surface area (Å²) < 4.78 is 18.8. The van der Waals surface area contributed by atoms with E-state index < -0.39 is 0 Å². The summed E-state index contributed by atoms with van der Waals surface area (Å²) in [7, 11) is 0. The number of H-pyrrole nitrogens is 1. The van der Waals surface area contributed by atoms with E-state index in [1.165, 1.54) is 12.3 Å². The third-order valence-corrected chi connectivity index (χ3v) is 5.04. The van der Waals surface area contributed by atoms with Gasteiger partial charge in [-0.2, -0.15) is 5.10 Å². The van der Waals surface area contributed by atoms with Gasteiger partial charge in [0.1, 0.15) is 11.6 Å². The van der Waals surface area contributed by atoms with E-state index in [9.17, 15) is 9.18 Å². The molecule has 1 fully saturated rings. The second-order valence-electron chi connectivity index (χ2n) is 6.87. The van der Waals surface area contributed by atoms with Gasteiger partial charge in [0.2, 0.25) is 0 Å². The maximum absolute atomic E-state index is 13.0. The molecule has 1 N–H and O–H groups in total. The Balaban J connectivity index is 1.45. The lowest BCUT2D eigenvalue weighted by molar-refractivity contribution is -0.00702. The molecule has 0 unspecified atom stereocenters. The Kier molecular flexibility index (Phi) is 4.36. The molecule has 0 bridgehead atoms. The van der Waals surface area contributed by atoms with Gasteiger partial charge in [-0.3, -0.25) is 9.89 Å². The molecule has 4 rings (SSSR count). The molecular formula is C18H22FN5O2. The zero-order valence-corrected chi connectivity index (χ0v) is 14.9. The first-order valence-electron chi connectivity index (χ1n) is 8.91. The monoisotopic (exact) mass is 359 g/mol. The number of aromatic amines is 1. The van der Waals surface area contributed by atoms with Crippen molar-refractivity contribution >= 4 is 11.7 Å². The van der Waals surface area contributed by atoms with Crippen LogP contribution in [0.5, 0.6) is 0 Å². The second kappa shape index (κ2) is 6.68. The molecule has 2 aromatic heterocycles. The molecule has 0 aromatic carbocycles. The predicted molar refractivity (Wildman–Crippen MR) is 93.6 cm³/mol. The van der Waals surface area contributed by atoms with Gasteiger partial charge in [-0.15, -0.1) is 0 Å². The molecule has 4 heterocycles. The highest BCUT2D eigenvalue weighted by atomic mass is 19.1. The number of anilines is 1. The van der Waals surface area contributed by atoms with E-state index in [0.717, 1.165) is 17.1 Å². The molecule has 8 heteroatoms. The summed E-state index contributed by atoms with van der Waals surface area (Å²) in [5, 5.41) is 7.26. The zero-order chi connectivity index (χ0) is 18.3. The molecule has 138 valence electrons. The minimum absolute atomic E-state index is 0.0458. The van der Waals surface area contributed by atoms with Crippen LogP contribution in [0.15, 0.2) is 18.3 Å². The van der Waals surface area contributed by atoms with Gasteiger partial charge in [-0.25, -0.2) is 9.37 Å². The standard InChI is InChI=1S/C18H22FN5O2/c1-11-9-14-16(12(2)26-11)21-22-17(14)18(25)24-7-5-23(6-8-24)15-4-3-13(19)10-20-15/h3-4,10-12H,5-9H2,1-2H3,(H,21,22)/t11-,12+/m1/s1. The minimum atomic E-state index is -0.349. The Morgan fingerprint density at radius 2 is 2.04 bits per heavy atom. The number of piperazine rings is 1. The van der Waals surface area contributed by atoms with Crippen molar-refractivity contribution in [3.63, 3.8) is 0 Å². The highest BCUT2D eigenvalue weighted by Gasteiger charge is 2.32. The van der Waals surface area contributed by atoms with Gasteiger partial charge in [0.05, 0.1) is 24.1 Å². The van der Waals surface area contributed by atoms with Crippen LogP contribution in [-0.2, 0) is 11.2 Å². The number of ether oxygens (including phenoxy) is 1. The van der Waals surface area contributed by atoms with Gasteiger partial charge in [-0.1, -0.05) is 0 Å². The summed E-state index contributed by atoms with van der Waals surface area (Å²) in [6.07, 6.45) is 1.90. The van der Waals surface area contributed by atoms with Crippen LogP contribution < -0.4 is 4.90 Å². The molecule has 2 aliphatic heterocycles. The average molecular weight is 359 g/mol. The summed E-state index contributed by atoms with van der Waals surface area (Å²) in [6, 6.07) is 3.07. The maximum atomic E-state index is 13.0. The van der Waals surface area contributed by atoms with Crippen molar-refractivity contribution in [2.24, 2.45) is 0 Å². The first kappa shape index (κ1) is 17.0. The van der Waals surface area contributed by atoms with Crippen LogP contribution in [0.4, 0.5) is 10.2 Å². The Bertz CT molecular complexity index is 798. The maximum Gasteiger partial charge on any atom is 0.274 e. The van der Waals surface area contributed by atoms with Crippen molar-refractivity contribution in [1.29, 1.82) is 0 Å². The number of nitrogens with one attached hydrogen (secondary N) is 1. The number of amides is 1. The lowest BCUT2D eigenvalue weighted by Crippen LogP contribution is -2.49. The smallest absolute Gasteiger partial charge is 0.274 e. The first-order valence-corrected chi connectivity index (χ1v) is 8.91. The van der Waals surface area contributed by atoms with Crippen molar-refractivity contribution in [2.75, 3.05) is 31.1 Å². The number of pyridine rings is 1. The molecule has 2 aromatic rings. The number of carbonyl (C=O) groups is 1. The second-order valence-corrected chi connectivity index (χ2v) is 6.87. The topological polar surface area (TPSA) is 74.4 Å². The number of halogens is 1. The van der Waals surface area contributed by atoms with Crippen LogP contribution in [0, 0.1) is 5.82 Å². The van der Waals surface area contributed by atoms with E-state index in [-0.39, 0.29) is 23.9 Å². The van der Waals surface area contributed by atoms with Crippen LogP contribution in [0.25, 0.3) is 0 Å². The van der Waals surface area contributed by atoms with Crippen LogP contribution >= 0.6 is 0 Å². The van der Waals surface area contributed by atoms with Gasteiger partial charge < -0.3 is 14.5 Å². The minimum Gasteiger partial charge on any atom is -0.369 e. The van der Waals surface area contributed by atoms with E-state index in [0.29, 0.717) is 38.3 Å². The van der Waals surface area contributed by atoms with Gasteiger partial charge in [0.25, 0.3) is 5.91 Å². The molecular weight excluding hydrogens is 337 g/mol. The molecule has 1 amide bonds. The summed E-state index contributed by atoms with van der Waals surface area (Å²) in [4.78, 5) is 20.9. The number of hydrogen-bond donors (Lipinski definition) is 1. The third kappa shape index (κ3) is 3.05. The zero-order valence-electron chi connectivity index (χ0n) is 14.9. The fourth-order valence-corrected chi connectivity index (χ4v) is 3.69. The molecule has 2 atom stereocenters. The Morgan fingerprint density at radius 1 is 1.27 bits per heavy atom. The quantitative estimate of drug-likeness (QED) is 0.887. The van der Waals surface area contributed by atoms with Crippen LogP contribution in [0.3, 0.4) is 0 Å². The number of hydrogen-bond acceptors (Lipinski definition) is 5. The van der Waals surface area contributed by atoms with Crippen molar-refractivity contribution in [2.45, 2.75) is 32.5 Å². The number of fused-ring (bicyclic) bond motifs is 1. The lowest BCUT2D eigenvalue weighted by Gasteiger charge is -2.35. The molecule has 0 aliphatic carbocycles. The fraction of sp³-hybridized carbons (Fsp3) is 0.500. The Morgan fingerprint density at radius 3 is 2.73 bits per heavy atom. The lowest BCUT2D eigenvalue weighted by atomic mass is 9.99. The van der Waals surface area contributed by atoms with Gasteiger partial charge in [0.15, 0.2) is 5.69 Å². The number of nitrogens with zero attached hydrogens (tertiary/aromatic N) is 4. The predicted octanol–water partition coefficient (Wildman–Crippen LogP) is 1.93. The molecule has 0 spiro atoms. The van der Waals surface area contributed by atoms with Crippen molar-refractivity contribution in [3.05, 3.63) is 41.1 Å². The van der Waals surface area contributed by atoms with Gasteiger partial charge in [0, 0.05) is 38.2 Å². The van der Waals surface area contributed by atoms with Crippen LogP contribution in [-0.4, -0.2) is 58.3 Å². The van der Waals surface area contributed by atoms with E-state index in [4.69, 9.17) is 4.74 Å². The first-order chi connectivity index (χ1) is 12.5. The van der Waals surface area contributed by atoms with Crippen molar-refractivity contribution in [1.82, 2.24) is 20.1 Å². The fourth-order valence-electron chi connectivity index (χ4n) is 3.69. The molecule has 2 aliphatic rings. The van der Waals surface area contributed by atoms with Gasteiger partial charge in [-0.05, 0) is 26.0 Å². The average Bonchev–Trinajstić information content (AvgIpc) is 3.06. The molecule has 1 saturated heterocycles. The largest absolute Gasteiger partial charge is 0.369 e. The van der Waals surface area contributed by atoms with E-state index in [1.807, 2.05) is 18.7 Å². The Hall–Kier alpha value is -2.48. The van der Waals surface area contributed by atoms with Crippen molar-refractivity contribution in [3.8, 4) is 0 Å². The normalized spacial score (nSPS) is 23.0. The molecule has 0 radical (unpaired) electrons. The highest BCUT2D eigenvalue weighted by molar-refractivity contribution is 5.94. The molecule has 26 heavy (non-hydrogen) atoms. The number of carbonyl (C=O) groups excluding carboxylic acids is 1. The summed E-state index contributed by atoms with van der Waals surface area (Å²) in [6.45, 7) is 6.46.